The molecular weight excluding hydrogens is 280 g/mol. The Morgan fingerprint density at radius 3 is 2.70 bits per heavy atom. The Balaban J connectivity index is 1.92. The summed E-state index contributed by atoms with van der Waals surface area (Å²) in [5.41, 5.74) is 1.12. The Morgan fingerprint density at radius 2 is 2.05 bits per heavy atom. The molecule has 0 spiro atoms. The lowest BCUT2D eigenvalue weighted by molar-refractivity contribution is -0.126. The lowest BCUT2D eigenvalue weighted by atomic mass is 10.1. The highest BCUT2D eigenvalue weighted by molar-refractivity contribution is 7.85. The van der Waals surface area contributed by atoms with E-state index in [0.717, 1.165) is 11.8 Å². The molecule has 1 N–H and O–H groups in total. The SMILES string of the molecule is CS(=O)(=O)OC[C@H]1CN(Cc2ccccc2)CC(=O)N1. The Hall–Kier alpha value is -1.44. The van der Waals surface area contributed by atoms with Crippen LogP contribution in [0.3, 0.4) is 0 Å². The summed E-state index contributed by atoms with van der Waals surface area (Å²) in [6, 6.07) is 9.51. The van der Waals surface area contributed by atoms with E-state index in [2.05, 4.69) is 5.32 Å². The first kappa shape index (κ1) is 15.0. The molecule has 2 rings (SSSR count). The van der Waals surface area contributed by atoms with Gasteiger partial charge in [-0.05, 0) is 5.56 Å². The zero-order valence-corrected chi connectivity index (χ0v) is 12.1. The van der Waals surface area contributed by atoms with Crippen LogP contribution in [0.4, 0.5) is 0 Å². The van der Waals surface area contributed by atoms with Crippen LogP contribution in [-0.4, -0.2) is 51.2 Å². The van der Waals surface area contributed by atoms with Gasteiger partial charge < -0.3 is 5.32 Å². The third kappa shape index (κ3) is 4.92. The summed E-state index contributed by atoms with van der Waals surface area (Å²) in [5, 5.41) is 2.73. The quantitative estimate of drug-likeness (QED) is 0.772. The van der Waals surface area contributed by atoms with Gasteiger partial charge in [0.05, 0.1) is 25.4 Å². The van der Waals surface area contributed by atoms with Crippen LogP contribution in [0.5, 0.6) is 0 Å². The summed E-state index contributed by atoms with van der Waals surface area (Å²) < 4.78 is 26.7. The summed E-state index contributed by atoms with van der Waals surface area (Å²) >= 11 is 0. The number of carbonyl (C=O) groups excluding carboxylic acids is 1. The number of nitrogens with zero attached hydrogens (tertiary/aromatic N) is 1. The van der Waals surface area contributed by atoms with Crippen LogP contribution in [0.2, 0.25) is 0 Å². The molecule has 0 bridgehead atoms. The number of piperazine rings is 1. The second-order valence-electron chi connectivity index (χ2n) is 4.91. The minimum Gasteiger partial charge on any atom is -0.349 e. The average Bonchev–Trinajstić information content (AvgIpc) is 2.36. The van der Waals surface area contributed by atoms with E-state index < -0.39 is 10.1 Å². The van der Waals surface area contributed by atoms with E-state index in [-0.39, 0.29) is 18.6 Å². The zero-order valence-electron chi connectivity index (χ0n) is 11.3. The van der Waals surface area contributed by atoms with Crippen molar-refractivity contribution in [2.75, 3.05) is 26.0 Å². The second kappa shape index (κ2) is 6.34. The van der Waals surface area contributed by atoms with Gasteiger partial charge >= 0.3 is 0 Å². The van der Waals surface area contributed by atoms with Gasteiger partial charge in [-0.2, -0.15) is 8.42 Å². The van der Waals surface area contributed by atoms with Gasteiger partial charge in [0.1, 0.15) is 0 Å². The number of carbonyl (C=O) groups is 1. The fourth-order valence-corrected chi connectivity index (χ4v) is 2.57. The molecule has 1 saturated heterocycles. The van der Waals surface area contributed by atoms with E-state index in [1.807, 2.05) is 35.2 Å². The monoisotopic (exact) mass is 298 g/mol. The molecule has 110 valence electrons. The van der Waals surface area contributed by atoms with Crippen molar-refractivity contribution in [2.24, 2.45) is 0 Å². The van der Waals surface area contributed by atoms with Gasteiger partial charge in [-0.1, -0.05) is 30.3 Å². The van der Waals surface area contributed by atoms with Crippen LogP contribution in [0.1, 0.15) is 5.56 Å². The van der Waals surface area contributed by atoms with Gasteiger partial charge in [0, 0.05) is 13.1 Å². The normalized spacial score (nSPS) is 20.6. The Labute approximate surface area is 118 Å². The number of nitrogens with one attached hydrogen (secondary N) is 1. The molecule has 20 heavy (non-hydrogen) atoms. The van der Waals surface area contributed by atoms with Crippen molar-refractivity contribution < 1.29 is 17.4 Å². The van der Waals surface area contributed by atoms with Crippen LogP contribution in [0.25, 0.3) is 0 Å². The van der Waals surface area contributed by atoms with Gasteiger partial charge in [-0.3, -0.25) is 13.9 Å². The van der Waals surface area contributed by atoms with Gasteiger partial charge in [0.2, 0.25) is 5.91 Å². The van der Waals surface area contributed by atoms with E-state index in [9.17, 15) is 13.2 Å². The summed E-state index contributed by atoms with van der Waals surface area (Å²) in [5.74, 6) is -0.116. The van der Waals surface area contributed by atoms with Crippen molar-refractivity contribution in [3.63, 3.8) is 0 Å². The minimum atomic E-state index is -3.49. The van der Waals surface area contributed by atoms with Crippen LogP contribution >= 0.6 is 0 Å². The van der Waals surface area contributed by atoms with Crippen molar-refractivity contribution in [1.82, 2.24) is 10.2 Å². The van der Waals surface area contributed by atoms with Crippen LogP contribution < -0.4 is 5.32 Å². The molecule has 1 heterocycles. The molecule has 0 saturated carbocycles. The number of amides is 1. The topological polar surface area (TPSA) is 75.7 Å². The third-order valence-corrected chi connectivity index (χ3v) is 3.51. The summed E-state index contributed by atoms with van der Waals surface area (Å²) in [4.78, 5) is 13.6. The number of rotatable bonds is 5. The Morgan fingerprint density at radius 1 is 1.35 bits per heavy atom. The van der Waals surface area contributed by atoms with Crippen LogP contribution in [0.15, 0.2) is 30.3 Å². The second-order valence-corrected chi connectivity index (χ2v) is 6.55. The van der Waals surface area contributed by atoms with E-state index in [1.54, 1.807) is 0 Å². The molecule has 0 aromatic heterocycles. The maximum Gasteiger partial charge on any atom is 0.264 e. The first-order valence-electron chi connectivity index (χ1n) is 6.32. The molecule has 1 aliphatic heterocycles. The lowest BCUT2D eigenvalue weighted by Gasteiger charge is -2.32. The number of hydrogen-bond donors (Lipinski definition) is 1. The summed E-state index contributed by atoms with van der Waals surface area (Å²) in [6.07, 6.45) is 0.999. The largest absolute Gasteiger partial charge is 0.349 e. The van der Waals surface area contributed by atoms with Gasteiger partial charge in [-0.15, -0.1) is 0 Å². The van der Waals surface area contributed by atoms with Crippen molar-refractivity contribution in [3.05, 3.63) is 35.9 Å². The van der Waals surface area contributed by atoms with E-state index in [1.165, 1.54) is 0 Å². The van der Waals surface area contributed by atoms with Crippen molar-refractivity contribution in [1.29, 1.82) is 0 Å². The molecule has 6 nitrogen and oxygen atoms in total. The maximum atomic E-state index is 11.6. The first-order valence-corrected chi connectivity index (χ1v) is 8.14. The number of benzene rings is 1. The van der Waals surface area contributed by atoms with Crippen LogP contribution in [0, 0.1) is 0 Å². The van der Waals surface area contributed by atoms with Crippen molar-refractivity contribution in [3.8, 4) is 0 Å². The minimum absolute atomic E-state index is 0.0319. The molecular formula is C13H18N2O4S. The molecule has 7 heteroatoms. The predicted octanol–water partition coefficient (Wildman–Crippen LogP) is -0.0368. The van der Waals surface area contributed by atoms with Gasteiger partial charge in [0.25, 0.3) is 10.1 Å². The highest BCUT2D eigenvalue weighted by Crippen LogP contribution is 2.08. The number of hydrogen-bond acceptors (Lipinski definition) is 5. The van der Waals surface area contributed by atoms with Crippen LogP contribution in [-0.2, 0) is 25.6 Å². The fraction of sp³-hybridized carbons (Fsp3) is 0.462. The zero-order chi connectivity index (χ0) is 14.6. The third-order valence-electron chi connectivity index (χ3n) is 2.94. The van der Waals surface area contributed by atoms with Crippen molar-refractivity contribution >= 4 is 16.0 Å². The first-order chi connectivity index (χ1) is 9.42. The molecule has 1 fully saturated rings. The molecule has 1 aromatic rings. The predicted molar refractivity (Wildman–Crippen MR) is 74.4 cm³/mol. The molecule has 1 atom stereocenters. The Kier molecular flexibility index (Phi) is 4.74. The average molecular weight is 298 g/mol. The highest BCUT2D eigenvalue weighted by Gasteiger charge is 2.25. The smallest absolute Gasteiger partial charge is 0.264 e. The maximum absolute atomic E-state index is 11.6. The van der Waals surface area contributed by atoms with Gasteiger partial charge in [0.15, 0.2) is 0 Å². The van der Waals surface area contributed by atoms with E-state index in [4.69, 9.17) is 4.18 Å². The molecule has 1 aliphatic rings. The van der Waals surface area contributed by atoms with Crippen molar-refractivity contribution in [2.45, 2.75) is 12.6 Å². The van der Waals surface area contributed by atoms with E-state index >= 15 is 0 Å². The standard InChI is InChI=1S/C13H18N2O4S/c1-20(17,18)19-10-12-8-15(9-13(16)14-12)7-11-5-3-2-4-6-11/h2-6,12H,7-10H2,1H3,(H,14,16)/t12-/m1/s1. The Bertz CT molecular complexity index is 559. The fourth-order valence-electron chi connectivity index (χ4n) is 2.16. The van der Waals surface area contributed by atoms with E-state index in [0.29, 0.717) is 19.6 Å². The molecule has 0 aliphatic carbocycles. The molecule has 1 aromatic carbocycles. The molecule has 0 unspecified atom stereocenters. The lowest BCUT2D eigenvalue weighted by Crippen LogP contribution is -2.55. The molecule has 1 amide bonds. The molecule has 0 radical (unpaired) electrons. The highest BCUT2D eigenvalue weighted by atomic mass is 32.2. The van der Waals surface area contributed by atoms with Gasteiger partial charge in [-0.25, -0.2) is 0 Å². The summed E-state index contributed by atoms with van der Waals surface area (Å²) in [6.45, 7) is 1.50. The summed E-state index contributed by atoms with van der Waals surface area (Å²) in [7, 11) is -3.49.